The molecule has 0 saturated carbocycles. The van der Waals surface area contributed by atoms with Gasteiger partial charge in [0.1, 0.15) is 16.0 Å². The maximum atomic E-state index is 6.20. The zero-order valence-electron chi connectivity index (χ0n) is 11.0. The van der Waals surface area contributed by atoms with E-state index in [9.17, 15) is 0 Å². The van der Waals surface area contributed by atoms with Crippen molar-refractivity contribution in [3.63, 3.8) is 0 Å². The molecular weight excluding hydrogens is 281 g/mol. The maximum absolute atomic E-state index is 6.20. The van der Waals surface area contributed by atoms with Crippen LogP contribution in [0.25, 0.3) is 11.5 Å². The summed E-state index contributed by atoms with van der Waals surface area (Å²) in [6.45, 7) is 4.13. The van der Waals surface area contributed by atoms with Crippen molar-refractivity contribution in [3.05, 3.63) is 39.8 Å². The van der Waals surface area contributed by atoms with Crippen molar-refractivity contribution in [2.24, 2.45) is 0 Å². The van der Waals surface area contributed by atoms with Gasteiger partial charge in [0.15, 0.2) is 5.82 Å². The number of rotatable bonds is 4. The molecule has 0 bridgehead atoms. The van der Waals surface area contributed by atoms with Gasteiger partial charge in [-0.1, -0.05) is 49.5 Å². The SMILES string of the molecule is CCCc1c(Cl)nc(-c2ncccc2CC)nc1Cl. The molecule has 0 radical (unpaired) electrons. The zero-order valence-corrected chi connectivity index (χ0v) is 12.5. The van der Waals surface area contributed by atoms with Crippen LogP contribution in [0.3, 0.4) is 0 Å². The minimum Gasteiger partial charge on any atom is -0.253 e. The molecule has 2 heterocycles. The van der Waals surface area contributed by atoms with Gasteiger partial charge in [-0.3, -0.25) is 4.98 Å². The summed E-state index contributed by atoms with van der Waals surface area (Å²) in [7, 11) is 0. The molecule has 0 N–H and O–H groups in total. The van der Waals surface area contributed by atoms with Crippen LogP contribution in [0.15, 0.2) is 18.3 Å². The van der Waals surface area contributed by atoms with Crippen LogP contribution < -0.4 is 0 Å². The predicted molar refractivity (Wildman–Crippen MR) is 78.7 cm³/mol. The Balaban J connectivity index is 2.52. The van der Waals surface area contributed by atoms with Crippen molar-refractivity contribution in [1.82, 2.24) is 15.0 Å². The van der Waals surface area contributed by atoms with Gasteiger partial charge in [0.2, 0.25) is 0 Å². The second-order valence-electron chi connectivity index (χ2n) is 4.22. The first kappa shape index (κ1) is 14.2. The van der Waals surface area contributed by atoms with Crippen molar-refractivity contribution in [2.45, 2.75) is 33.1 Å². The Morgan fingerprint density at radius 2 is 1.79 bits per heavy atom. The van der Waals surface area contributed by atoms with E-state index in [0.717, 1.165) is 36.1 Å². The molecular formula is C14H15Cl2N3. The summed E-state index contributed by atoms with van der Waals surface area (Å²) < 4.78 is 0. The highest BCUT2D eigenvalue weighted by molar-refractivity contribution is 6.34. The molecule has 0 aliphatic rings. The first-order valence-corrected chi connectivity index (χ1v) is 7.09. The highest BCUT2D eigenvalue weighted by atomic mass is 35.5. The molecule has 0 fully saturated rings. The Hall–Kier alpha value is -1.19. The van der Waals surface area contributed by atoms with E-state index in [1.54, 1.807) is 6.20 Å². The van der Waals surface area contributed by atoms with E-state index >= 15 is 0 Å². The van der Waals surface area contributed by atoms with Crippen molar-refractivity contribution < 1.29 is 0 Å². The molecule has 0 saturated heterocycles. The minimum absolute atomic E-state index is 0.421. The van der Waals surface area contributed by atoms with E-state index in [1.165, 1.54) is 0 Å². The molecule has 0 amide bonds. The highest BCUT2D eigenvalue weighted by Gasteiger charge is 2.14. The Kier molecular flexibility index (Phi) is 4.72. The highest BCUT2D eigenvalue weighted by Crippen LogP contribution is 2.27. The molecule has 0 spiro atoms. The second kappa shape index (κ2) is 6.31. The average Bonchev–Trinajstić information content (AvgIpc) is 2.42. The summed E-state index contributed by atoms with van der Waals surface area (Å²) in [5, 5.41) is 0.842. The summed E-state index contributed by atoms with van der Waals surface area (Å²) >= 11 is 12.4. The monoisotopic (exact) mass is 295 g/mol. The van der Waals surface area contributed by atoms with Gasteiger partial charge in [-0.25, -0.2) is 9.97 Å². The maximum Gasteiger partial charge on any atom is 0.181 e. The van der Waals surface area contributed by atoms with E-state index in [2.05, 4.69) is 28.8 Å². The van der Waals surface area contributed by atoms with Gasteiger partial charge in [-0.05, 0) is 24.5 Å². The lowest BCUT2D eigenvalue weighted by Gasteiger charge is -2.09. The zero-order chi connectivity index (χ0) is 13.8. The van der Waals surface area contributed by atoms with Crippen LogP contribution in [0.1, 0.15) is 31.4 Å². The lowest BCUT2D eigenvalue weighted by Crippen LogP contribution is -2.01. The molecule has 3 nitrogen and oxygen atoms in total. The molecule has 2 aromatic rings. The first-order chi connectivity index (χ1) is 9.17. The van der Waals surface area contributed by atoms with Gasteiger partial charge < -0.3 is 0 Å². The molecule has 2 rings (SSSR count). The summed E-state index contributed by atoms with van der Waals surface area (Å²) in [5.74, 6) is 0.493. The van der Waals surface area contributed by atoms with Gasteiger partial charge in [0.25, 0.3) is 0 Å². The minimum atomic E-state index is 0.421. The topological polar surface area (TPSA) is 38.7 Å². The molecule has 5 heteroatoms. The number of aromatic nitrogens is 3. The fourth-order valence-corrected chi connectivity index (χ4v) is 2.49. The van der Waals surface area contributed by atoms with Crippen LogP contribution in [0, 0.1) is 0 Å². The van der Waals surface area contributed by atoms with E-state index in [-0.39, 0.29) is 0 Å². The number of pyridine rings is 1. The predicted octanol–water partition coefficient (Wildman–Crippen LogP) is 4.36. The Morgan fingerprint density at radius 3 is 2.37 bits per heavy atom. The molecule has 0 aliphatic carbocycles. The van der Waals surface area contributed by atoms with E-state index in [4.69, 9.17) is 23.2 Å². The quantitative estimate of drug-likeness (QED) is 0.787. The van der Waals surface area contributed by atoms with Gasteiger partial charge in [0, 0.05) is 11.8 Å². The lowest BCUT2D eigenvalue weighted by atomic mass is 10.1. The fourth-order valence-electron chi connectivity index (χ4n) is 1.92. The van der Waals surface area contributed by atoms with Crippen LogP contribution in [0.4, 0.5) is 0 Å². The summed E-state index contributed by atoms with van der Waals surface area (Å²) in [5.41, 5.74) is 2.64. The van der Waals surface area contributed by atoms with Gasteiger partial charge in [0.05, 0.1) is 0 Å². The van der Waals surface area contributed by atoms with E-state index in [0.29, 0.717) is 16.1 Å². The van der Waals surface area contributed by atoms with Crippen LogP contribution >= 0.6 is 23.2 Å². The van der Waals surface area contributed by atoms with Crippen LogP contribution in [0.2, 0.25) is 10.3 Å². The lowest BCUT2D eigenvalue weighted by molar-refractivity contribution is 0.901. The van der Waals surface area contributed by atoms with Crippen LogP contribution in [0.5, 0.6) is 0 Å². The third-order valence-electron chi connectivity index (χ3n) is 2.89. The summed E-state index contributed by atoms with van der Waals surface area (Å²) in [6, 6.07) is 3.91. The van der Waals surface area contributed by atoms with Crippen LogP contribution in [-0.2, 0) is 12.8 Å². The molecule has 0 atom stereocenters. The number of halogens is 2. The number of aryl methyl sites for hydroxylation is 1. The fraction of sp³-hybridized carbons (Fsp3) is 0.357. The first-order valence-electron chi connectivity index (χ1n) is 6.33. The van der Waals surface area contributed by atoms with E-state index < -0.39 is 0 Å². The van der Waals surface area contributed by atoms with Crippen molar-refractivity contribution in [1.29, 1.82) is 0 Å². The Morgan fingerprint density at radius 1 is 1.11 bits per heavy atom. The van der Waals surface area contributed by atoms with Crippen molar-refractivity contribution in [3.8, 4) is 11.5 Å². The molecule has 100 valence electrons. The molecule has 2 aromatic heterocycles. The number of hydrogen-bond donors (Lipinski definition) is 0. The molecule has 0 aliphatic heterocycles. The Bertz CT molecular complexity index is 562. The summed E-state index contributed by atoms with van der Waals surface area (Å²) in [4.78, 5) is 13.0. The molecule has 19 heavy (non-hydrogen) atoms. The van der Waals surface area contributed by atoms with E-state index in [1.807, 2.05) is 12.1 Å². The standard InChI is InChI=1S/C14H15Cl2N3/c1-3-6-10-12(15)18-14(19-13(10)16)11-9(4-2)7-5-8-17-11/h5,7-8H,3-4,6H2,1-2H3. The average molecular weight is 296 g/mol. The van der Waals surface area contributed by atoms with Crippen molar-refractivity contribution >= 4 is 23.2 Å². The smallest absolute Gasteiger partial charge is 0.181 e. The third-order valence-corrected chi connectivity index (χ3v) is 3.52. The molecule has 0 unspecified atom stereocenters. The third kappa shape index (κ3) is 3.04. The van der Waals surface area contributed by atoms with Gasteiger partial charge >= 0.3 is 0 Å². The van der Waals surface area contributed by atoms with Crippen molar-refractivity contribution in [2.75, 3.05) is 0 Å². The largest absolute Gasteiger partial charge is 0.253 e. The second-order valence-corrected chi connectivity index (χ2v) is 4.94. The number of hydrogen-bond acceptors (Lipinski definition) is 3. The van der Waals surface area contributed by atoms with Gasteiger partial charge in [-0.2, -0.15) is 0 Å². The Labute approximate surface area is 123 Å². The molecule has 0 aromatic carbocycles. The van der Waals surface area contributed by atoms with Gasteiger partial charge in [-0.15, -0.1) is 0 Å². The van der Waals surface area contributed by atoms with Crippen LogP contribution in [-0.4, -0.2) is 15.0 Å². The summed E-state index contributed by atoms with van der Waals surface area (Å²) in [6.07, 6.45) is 4.31. The normalized spacial score (nSPS) is 10.7. The number of nitrogens with zero attached hydrogens (tertiary/aromatic N) is 3.